The van der Waals surface area contributed by atoms with Crippen molar-refractivity contribution in [2.75, 3.05) is 19.8 Å². The molecule has 7 nitrogen and oxygen atoms in total. The molecule has 2 heterocycles. The Morgan fingerprint density at radius 1 is 1.13 bits per heavy atom. The SMILES string of the molecule is CCCN1C(=O)C(=O)/C(=C(\O)c2ccc3c(c2)OCCO3)C1c1ccc(O)c(Cl)c1. The minimum Gasteiger partial charge on any atom is -0.507 e. The van der Waals surface area contributed by atoms with Crippen LogP contribution in [0.1, 0.15) is 30.5 Å². The molecule has 156 valence electrons. The minimum absolute atomic E-state index is 0.0353. The number of benzene rings is 2. The highest BCUT2D eigenvalue weighted by Gasteiger charge is 2.45. The standard InChI is InChI=1S/C22H20ClNO6/c1-2-7-24-19(12-3-5-15(25)14(23)10-12)18(21(27)22(24)28)20(26)13-4-6-16-17(11-13)30-9-8-29-16/h3-6,10-11,19,25-26H,2,7-9H2,1H3/b20-18-. The number of ether oxygens (including phenoxy) is 2. The number of carbonyl (C=O) groups excluding carboxylic acids is 2. The van der Waals surface area contributed by atoms with E-state index in [2.05, 4.69) is 0 Å². The minimum atomic E-state index is -0.823. The molecular formula is C22H20ClNO6. The number of hydrogen-bond donors (Lipinski definition) is 2. The number of likely N-dealkylation sites (tertiary alicyclic amines) is 1. The molecular weight excluding hydrogens is 410 g/mol. The zero-order valence-electron chi connectivity index (χ0n) is 16.2. The molecule has 2 aromatic rings. The van der Waals surface area contributed by atoms with Crippen LogP contribution in [-0.2, 0) is 9.59 Å². The Labute approximate surface area is 178 Å². The number of rotatable bonds is 4. The number of halogens is 1. The van der Waals surface area contributed by atoms with E-state index in [4.69, 9.17) is 21.1 Å². The van der Waals surface area contributed by atoms with Crippen LogP contribution in [0.15, 0.2) is 42.0 Å². The van der Waals surface area contributed by atoms with Crippen molar-refractivity contribution >= 4 is 29.1 Å². The molecule has 0 aromatic heterocycles. The summed E-state index contributed by atoms with van der Waals surface area (Å²) in [5.74, 6) is -0.878. The van der Waals surface area contributed by atoms with E-state index in [0.29, 0.717) is 48.8 Å². The van der Waals surface area contributed by atoms with Gasteiger partial charge in [0.05, 0.1) is 16.6 Å². The van der Waals surface area contributed by atoms with Crippen LogP contribution in [-0.4, -0.2) is 46.6 Å². The Bertz CT molecular complexity index is 1060. The lowest BCUT2D eigenvalue weighted by atomic mass is 9.95. The zero-order valence-corrected chi connectivity index (χ0v) is 17.0. The molecule has 0 spiro atoms. The monoisotopic (exact) mass is 429 g/mol. The maximum atomic E-state index is 12.9. The van der Waals surface area contributed by atoms with Gasteiger partial charge < -0.3 is 24.6 Å². The summed E-state index contributed by atoms with van der Waals surface area (Å²) in [5, 5.41) is 20.9. The maximum absolute atomic E-state index is 12.9. The third-order valence-corrected chi connectivity index (χ3v) is 5.41. The van der Waals surface area contributed by atoms with Crippen LogP contribution in [0, 0.1) is 0 Å². The topological polar surface area (TPSA) is 96.3 Å². The predicted molar refractivity (Wildman–Crippen MR) is 110 cm³/mol. The lowest BCUT2D eigenvalue weighted by Gasteiger charge is -2.25. The normalized spacial score (nSPS) is 19.9. The molecule has 8 heteroatoms. The van der Waals surface area contributed by atoms with Crippen LogP contribution >= 0.6 is 11.6 Å². The summed E-state index contributed by atoms with van der Waals surface area (Å²) < 4.78 is 11.1. The van der Waals surface area contributed by atoms with Crippen LogP contribution in [0.25, 0.3) is 5.76 Å². The van der Waals surface area contributed by atoms with E-state index < -0.39 is 17.7 Å². The van der Waals surface area contributed by atoms with Gasteiger partial charge in [-0.1, -0.05) is 24.6 Å². The molecule has 0 bridgehead atoms. The lowest BCUT2D eigenvalue weighted by Crippen LogP contribution is -2.30. The van der Waals surface area contributed by atoms with Crippen molar-refractivity contribution in [3.05, 3.63) is 58.1 Å². The number of hydrogen-bond acceptors (Lipinski definition) is 6. The van der Waals surface area contributed by atoms with Crippen molar-refractivity contribution in [2.45, 2.75) is 19.4 Å². The molecule has 1 unspecified atom stereocenters. The van der Waals surface area contributed by atoms with E-state index in [1.54, 1.807) is 24.3 Å². The molecule has 1 fully saturated rings. The Balaban J connectivity index is 1.86. The molecule has 1 atom stereocenters. The highest BCUT2D eigenvalue weighted by molar-refractivity contribution is 6.46. The average Bonchev–Trinajstić information content (AvgIpc) is 3.00. The first-order valence-corrected chi connectivity index (χ1v) is 9.97. The van der Waals surface area contributed by atoms with Crippen molar-refractivity contribution in [1.29, 1.82) is 0 Å². The van der Waals surface area contributed by atoms with E-state index in [0.717, 1.165) is 0 Å². The van der Waals surface area contributed by atoms with Gasteiger partial charge in [0.15, 0.2) is 11.5 Å². The van der Waals surface area contributed by atoms with Gasteiger partial charge in [0.2, 0.25) is 0 Å². The van der Waals surface area contributed by atoms with Gasteiger partial charge in [-0.15, -0.1) is 0 Å². The number of amides is 1. The van der Waals surface area contributed by atoms with Gasteiger partial charge in [0, 0.05) is 12.1 Å². The number of Topliss-reactive ketones (excluding diaryl/α,β-unsaturated/α-hetero) is 1. The van der Waals surface area contributed by atoms with Gasteiger partial charge in [-0.2, -0.15) is 0 Å². The Hall–Kier alpha value is -3.19. The smallest absolute Gasteiger partial charge is 0.295 e. The zero-order chi connectivity index (χ0) is 21.4. The summed E-state index contributed by atoms with van der Waals surface area (Å²) in [7, 11) is 0. The number of aliphatic hydroxyl groups excluding tert-OH is 1. The van der Waals surface area contributed by atoms with E-state index in [1.165, 1.54) is 17.0 Å². The number of ketones is 1. The number of aromatic hydroxyl groups is 1. The van der Waals surface area contributed by atoms with Crippen LogP contribution in [0.3, 0.4) is 0 Å². The Kier molecular flexibility index (Phi) is 5.30. The molecule has 1 saturated heterocycles. The van der Waals surface area contributed by atoms with Crippen molar-refractivity contribution in [1.82, 2.24) is 4.90 Å². The fourth-order valence-electron chi connectivity index (χ4n) is 3.74. The molecule has 2 aromatic carbocycles. The van der Waals surface area contributed by atoms with E-state index in [-0.39, 0.29) is 22.1 Å². The first kappa shape index (κ1) is 20.1. The number of nitrogens with zero attached hydrogens (tertiary/aromatic N) is 1. The first-order chi connectivity index (χ1) is 14.4. The van der Waals surface area contributed by atoms with Crippen molar-refractivity contribution in [3.8, 4) is 17.2 Å². The van der Waals surface area contributed by atoms with Crippen LogP contribution < -0.4 is 9.47 Å². The molecule has 2 aliphatic heterocycles. The van der Waals surface area contributed by atoms with Crippen molar-refractivity contribution < 1.29 is 29.3 Å². The highest BCUT2D eigenvalue weighted by atomic mass is 35.5. The van der Waals surface area contributed by atoms with Gasteiger partial charge in [0.25, 0.3) is 11.7 Å². The second-order valence-electron chi connectivity index (χ2n) is 7.06. The molecule has 30 heavy (non-hydrogen) atoms. The lowest BCUT2D eigenvalue weighted by molar-refractivity contribution is -0.139. The molecule has 0 saturated carbocycles. The first-order valence-electron chi connectivity index (χ1n) is 9.59. The summed E-state index contributed by atoms with van der Waals surface area (Å²) in [6.45, 7) is 3.03. The number of carbonyl (C=O) groups is 2. The van der Waals surface area contributed by atoms with Gasteiger partial charge in [0.1, 0.15) is 24.7 Å². The fraction of sp³-hybridized carbons (Fsp3) is 0.273. The number of phenols is 1. The van der Waals surface area contributed by atoms with Crippen molar-refractivity contribution in [2.24, 2.45) is 0 Å². The molecule has 2 N–H and O–H groups in total. The second-order valence-corrected chi connectivity index (χ2v) is 7.47. The molecule has 0 radical (unpaired) electrons. The largest absolute Gasteiger partial charge is 0.507 e. The van der Waals surface area contributed by atoms with Crippen molar-refractivity contribution in [3.63, 3.8) is 0 Å². The number of aliphatic hydroxyl groups is 1. The molecule has 1 amide bonds. The fourth-order valence-corrected chi connectivity index (χ4v) is 3.93. The quantitative estimate of drug-likeness (QED) is 0.437. The summed E-state index contributed by atoms with van der Waals surface area (Å²) in [6.07, 6.45) is 0.624. The molecule has 0 aliphatic carbocycles. The summed E-state index contributed by atoms with van der Waals surface area (Å²) in [4.78, 5) is 27.0. The summed E-state index contributed by atoms with van der Waals surface area (Å²) in [6, 6.07) is 8.49. The van der Waals surface area contributed by atoms with Crippen LogP contribution in [0.4, 0.5) is 0 Å². The number of phenolic OH excluding ortho intramolecular Hbond substituents is 1. The van der Waals surface area contributed by atoms with E-state index >= 15 is 0 Å². The summed E-state index contributed by atoms with van der Waals surface area (Å²) >= 11 is 6.07. The average molecular weight is 430 g/mol. The highest BCUT2D eigenvalue weighted by Crippen LogP contribution is 2.42. The summed E-state index contributed by atoms with van der Waals surface area (Å²) in [5.41, 5.74) is 0.819. The third kappa shape index (κ3) is 3.35. The van der Waals surface area contributed by atoms with E-state index in [1.807, 2.05) is 6.92 Å². The van der Waals surface area contributed by atoms with E-state index in [9.17, 15) is 19.8 Å². The molecule has 2 aliphatic rings. The van der Waals surface area contributed by atoms with Gasteiger partial charge in [-0.25, -0.2) is 0 Å². The maximum Gasteiger partial charge on any atom is 0.295 e. The van der Waals surface area contributed by atoms with Gasteiger partial charge in [-0.3, -0.25) is 9.59 Å². The van der Waals surface area contributed by atoms with Crippen LogP contribution in [0.5, 0.6) is 17.2 Å². The van der Waals surface area contributed by atoms with Gasteiger partial charge >= 0.3 is 0 Å². The Morgan fingerprint density at radius 2 is 1.87 bits per heavy atom. The van der Waals surface area contributed by atoms with Crippen LogP contribution in [0.2, 0.25) is 5.02 Å². The Morgan fingerprint density at radius 3 is 2.57 bits per heavy atom. The van der Waals surface area contributed by atoms with Gasteiger partial charge in [-0.05, 0) is 42.3 Å². The number of fused-ring (bicyclic) bond motifs is 1. The molecule has 4 rings (SSSR count). The second kappa shape index (κ2) is 7.91. The third-order valence-electron chi connectivity index (χ3n) is 5.11. The predicted octanol–water partition coefficient (Wildman–Crippen LogP) is 3.65.